The summed E-state index contributed by atoms with van der Waals surface area (Å²) in [5, 5.41) is 2.18. The van der Waals surface area contributed by atoms with Gasteiger partial charge in [-0.3, -0.25) is 0 Å². The van der Waals surface area contributed by atoms with Crippen LogP contribution in [0.15, 0.2) is 15.4 Å². The van der Waals surface area contributed by atoms with Crippen molar-refractivity contribution in [1.29, 1.82) is 0 Å². The van der Waals surface area contributed by atoms with Crippen molar-refractivity contribution in [1.82, 2.24) is 0 Å². The number of fused-ring (bicyclic) bond motifs is 1. The van der Waals surface area contributed by atoms with Crippen molar-refractivity contribution >= 4 is 33.3 Å². The Morgan fingerprint density at radius 1 is 1.58 bits per heavy atom. The molecule has 0 fully saturated rings. The van der Waals surface area contributed by atoms with Crippen molar-refractivity contribution < 1.29 is 0 Å². The average molecular weight is 243 g/mol. The molecule has 1 aliphatic rings. The predicted molar refractivity (Wildman–Crippen MR) is 58.6 cm³/mol. The van der Waals surface area contributed by atoms with E-state index in [0.29, 0.717) is 0 Å². The summed E-state index contributed by atoms with van der Waals surface area (Å²) in [6.45, 7) is 2.24. The maximum Gasteiger partial charge on any atom is 0.0357 e. The minimum atomic E-state index is 1.19. The van der Waals surface area contributed by atoms with Gasteiger partial charge in [-0.2, -0.15) is 0 Å². The first-order chi connectivity index (χ1) is 5.81. The predicted octanol–water partition coefficient (Wildman–Crippen LogP) is 4.25. The van der Waals surface area contributed by atoms with Gasteiger partial charge in [-0.25, -0.2) is 0 Å². The molecule has 2 heteroatoms. The summed E-state index contributed by atoms with van der Waals surface area (Å²) < 4.78 is 1.27. The lowest BCUT2D eigenvalue weighted by Gasteiger charge is -1.95. The summed E-state index contributed by atoms with van der Waals surface area (Å²) in [7, 11) is 0. The molecule has 0 atom stereocenters. The van der Waals surface area contributed by atoms with Crippen LogP contribution < -0.4 is 0 Å². The molecule has 0 N–H and O–H groups in total. The van der Waals surface area contributed by atoms with E-state index in [1.54, 1.807) is 5.57 Å². The quantitative estimate of drug-likeness (QED) is 0.728. The van der Waals surface area contributed by atoms with E-state index in [2.05, 4.69) is 34.3 Å². The molecule has 0 amide bonds. The Hall–Kier alpha value is -0.0800. The van der Waals surface area contributed by atoms with E-state index in [9.17, 15) is 0 Å². The summed E-state index contributed by atoms with van der Waals surface area (Å²) in [6, 6.07) is 0. The van der Waals surface area contributed by atoms with Crippen molar-refractivity contribution in [3.05, 3.63) is 25.9 Å². The van der Waals surface area contributed by atoms with E-state index in [-0.39, 0.29) is 0 Å². The van der Waals surface area contributed by atoms with Crippen LogP contribution in [0.25, 0.3) is 6.08 Å². The number of hydrogen-bond acceptors (Lipinski definition) is 1. The second kappa shape index (κ2) is 3.35. The highest BCUT2D eigenvalue weighted by atomic mass is 79.9. The van der Waals surface area contributed by atoms with Gasteiger partial charge in [0.25, 0.3) is 0 Å². The van der Waals surface area contributed by atoms with Gasteiger partial charge >= 0.3 is 0 Å². The average Bonchev–Trinajstić information content (AvgIpc) is 2.55. The smallest absolute Gasteiger partial charge is 0.0357 e. The van der Waals surface area contributed by atoms with Gasteiger partial charge in [-0.1, -0.05) is 25.0 Å². The van der Waals surface area contributed by atoms with Gasteiger partial charge in [0.15, 0.2) is 0 Å². The first kappa shape index (κ1) is 8.52. The van der Waals surface area contributed by atoms with Crippen molar-refractivity contribution in [2.24, 2.45) is 0 Å². The van der Waals surface area contributed by atoms with Crippen LogP contribution >= 0.6 is 27.3 Å². The fraction of sp³-hybridized carbons (Fsp3) is 0.400. The summed E-state index contributed by atoms with van der Waals surface area (Å²) >= 11 is 5.43. The molecule has 1 aromatic heterocycles. The van der Waals surface area contributed by atoms with Gasteiger partial charge in [0.1, 0.15) is 0 Å². The number of allylic oxidation sites excluding steroid dienone is 1. The fourth-order valence-corrected chi connectivity index (χ4v) is 3.32. The summed E-state index contributed by atoms with van der Waals surface area (Å²) in [6.07, 6.45) is 6.06. The van der Waals surface area contributed by atoms with E-state index in [1.165, 1.54) is 34.2 Å². The van der Waals surface area contributed by atoms with Crippen molar-refractivity contribution in [3.8, 4) is 0 Å². The third kappa shape index (κ3) is 1.38. The van der Waals surface area contributed by atoms with Gasteiger partial charge in [0.2, 0.25) is 0 Å². The number of rotatable bonds is 2. The Labute approximate surface area is 85.4 Å². The topological polar surface area (TPSA) is 0 Å². The summed E-state index contributed by atoms with van der Waals surface area (Å²) in [5.74, 6) is 0. The number of hydrogen-bond donors (Lipinski definition) is 0. The zero-order valence-electron chi connectivity index (χ0n) is 7.06. The largest absolute Gasteiger partial charge is 0.147 e. The zero-order valence-corrected chi connectivity index (χ0v) is 9.46. The molecule has 1 heterocycles. The van der Waals surface area contributed by atoms with Crippen LogP contribution in [-0.2, 0) is 6.42 Å². The Balaban J connectivity index is 2.26. The highest BCUT2D eigenvalue weighted by Crippen LogP contribution is 2.37. The molecule has 0 bridgehead atoms. The molecule has 1 aliphatic carbocycles. The summed E-state index contributed by atoms with van der Waals surface area (Å²) in [5.41, 5.74) is 3.03. The molecular formula is C10H11BrS. The first-order valence-corrected chi connectivity index (χ1v) is 5.94. The first-order valence-electron chi connectivity index (χ1n) is 4.26. The molecule has 0 aromatic carbocycles. The van der Waals surface area contributed by atoms with Gasteiger partial charge in [0.05, 0.1) is 0 Å². The van der Waals surface area contributed by atoms with Crippen LogP contribution in [0.1, 0.15) is 30.2 Å². The third-order valence-corrected chi connectivity index (χ3v) is 4.13. The van der Waals surface area contributed by atoms with Crippen LogP contribution in [0.4, 0.5) is 0 Å². The van der Waals surface area contributed by atoms with E-state index < -0.39 is 0 Å². The van der Waals surface area contributed by atoms with E-state index in [0.717, 1.165) is 0 Å². The molecule has 0 nitrogen and oxygen atoms in total. The van der Waals surface area contributed by atoms with E-state index in [1.807, 2.05) is 11.3 Å². The highest BCUT2D eigenvalue weighted by molar-refractivity contribution is 9.10. The molecule has 0 saturated heterocycles. The molecule has 12 heavy (non-hydrogen) atoms. The maximum atomic E-state index is 3.56. The number of halogens is 1. The van der Waals surface area contributed by atoms with Crippen LogP contribution in [0, 0.1) is 0 Å². The molecule has 0 saturated carbocycles. The molecule has 1 aromatic rings. The number of thiophene rings is 1. The van der Waals surface area contributed by atoms with Gasteiger partial charge in [0, 0.05) is 26.7 Å². The highest BCUT2D eigenvalue weighted by Gasteiger charge is 2.15. The van der Waals surface area contributed by atoms with Gasteiger partial charge in [-0.15, -0.1) is 11.3 Å². The van der Waals surface area contributed by atoms with Crippen molar-refractivity contribution in [2.75, 3.05) is 0 Å². The lowest BCUT2D eigenvalue weighted by molar-refractivity contribution is 0.890. The zero-order chi connectivity index (χ0) is 8.55. The molecule has 0 radical (unpaired) electrons. The van der Waals surface area contributed by atoms with Crippen LogP contribution in [0.2, 0.25) is 0 Å². The molecule has 64 valence electrons. The molecular weight excluding hydrogens is 232 g/mol. The fourth-order valence-electron chi connectivity index (χ4n) is 1.61. The van der Waals surface area contributed by atoms with Gasteiger partial charge < -0.3 is 0 Å². The molecule has 2 rings (SSSR count). The Bertz CT molecular complexity index is 323. The molecule has 0 unspecified atom stereocenters. The summed E-state index contributed by atoms with van der Waals surface area (Å²) in [4.78, 5) is 1.53. The van der Waals surface area contributed by atoms with Crippen LogP contribution in [-0.4, -0.2) is 0 Å². The lowest BCUT2D eigenvalue weighted by Crippen LogP contribution is -1.80. The van der Waals surface area contributed by atoms with E-state index >= 15 is 0 Å². The standard InChI is InChI=1S/C10H11BrS/c1-2-3-7-4-8-9(11)6-12-10(8)5-7/h4,6H,2-3,5H2,1H3. The third-order valence-electron chi connectivity index (χ3n) is 2.17. The SMILES string of the molecule is CCCC1=Cc2c(Br)csc2C1. The van der Waals surface area contributed by atoms with E-state index in [4.69, 9.17) is 0 Å². The maximum absolute atomic E-state index is 3.56. The monoisotopic (exact) mass is 242 g/mol. The van der Waals surface area contributed by atoms with Crippen LogP contribution in [0.3, 0.4) is 0 Å². The Morgan fingerprint density at radius 2 is 2.42 bits per heavy atom. The molecule has 0 aliphatic heterocycles. The normalized spacial score (nSPS) is 14.7. The Kier molecular flexibility index (Phi) is 2.37. The minimum absolute atomic E-state index is 1.19. The minimum Gasteiger partial charge on any atom is -0.147 e. The van der Waals surface area contributed by atoms with Crippen molar-refractivity contribution in [2.45, 2.75) is 26.2 Å². The molecule has 0 spiro atoms. The Morgan fingerprint density at radius 3 is 3.08 bits per heavy atom. The van der Waals surface area contributed by atoms with Crippen molar-refractivity contribution in [3.63, 3.8) is 0 Å². The second-order valence-corrected chi connectivity index (χ2v) is 4.97. The van der Waals surface area contributed by atoms with Gasteiger partial charge in [-0.05, 0) is 22.4 Å². The second-order valence-electron chi connectivity index (χ2n) is 3.15. The van der Waals surface area contributed by atoms with Crippen LogP contribution in [0.5, 0.6) is 0 Å². The lowest BCUT2D eigenvalue weighted by atomic mass is 10.1.